The minimum Gasteiger partial charge on any atom is -0.382 e. The zero-order chi connectivity index (χ0) is 13.1. The summed E-state index contributed by atoms with van der Waals surface area (Å²) in [6.07, 6.45) is 4.22. The van der Waals surface area contributed by atoms with Crippen molar-refractivity contribution in [1.82, 2.24) is 14.3 Å². The number of nitrogens with zero attached hydrogens (tertiary/aromatic N) is 2. The minimum absolute atomic E-state index is 0.0436. The van der Waals surface area contributed by atoms with Gasteiger partial charge < -0.3 is 21.8 Å². The van der Waals surface area contributed by atoms with Gasteiger partial charge in [0.15, 0.2) is 5.82 Å². The second-order valence-electron chi connectivity index (χ2n) is 3.72. The number of nitrogens with two attached hydrogens (primary N) is 2. The Morgan fingerprint density at radius 1 is 1.67 bits per heavy atom. The van der Waals surface area contributed by atoms with Crippen LogP contribution in [0.3, 0.4) is 0 Å². The van der Waals surface area contributed by atoms with Crippen LogP contribution in [0, 0.1) is 0 Å². The number of carbonyl (C=O) groups excluding carboxylic acids is 1. The Bertz CT molecular complexity index is 535. The van der Waals surface area contributed by atoms with Crippen molar-refractivity contribution in [2.75, 3.05) is 11.1 Å². The molecule has 7 nitrogen and oxygen atoms in total. The van der Waals surface area contributed by atoms with Crippen LogP contribution < -0.4 is 16.8 Å². The van der Waals surface area contributed by atoms with E-state index in [0.717, 1.165) is 23.8 Å². The van der Waals surface area contributed by atoms with Crippen LogP contribution in [0.1, 0.15) is 35.6 Å². The van der Waals surface area contributed by atoms with E-state index < -0.39 is 5.91 Å². The lowest BCUT2D eigenvalue weighted by molar-refractivity contribution is 0.100. The van der Waals surface area contributed by atoms with Crippen molar-refractivity contribution in [2.24, 2.45) is 5.73 Å². The maximum atomic E-state index is 11.3. The fourth-order valence-electron chi connectivity index (χ4n) is 1.63. The molecular formula is C10H14N6OS. The number of imidazole rings is 1. The first-order chi connectivity index (χ1) is 8.63. The standard InChI is InChI=1S/C10H14N6OS/c1-2-5(9-13-3-4-14-9)15-10-6(8(12)17)7(11)16-18-10/h3-5,15H,2H2,1H3,(H2,11,16)(H2,12,17)(H,13,14). The van der Waals surface area contributed by atoms with Crippen molar-refractivity contribution in [3.8, 4) is 0 Å². The van der Waals surface area contributed by atoms with Gasteiger partial charge in [-0.05, 0) is 18.0 Å². The number of aromatic nitrogens is 3. The summed E-state index contributed by atoms with van der Waals surface area (Å²) in [5, 5.41) is 3.76. The van der Waals surface area contributed by atoms with Crippen LogP contribution in [0.4, 0.5) is 10.8 Å². The van der Waals surface area contributed by atoms with Crippen LogP contribution in [-0.4, -0.2) is 20.2 Å². The first kappa shape index (κ1) is 12.4. The summed E-state index contributed by atoms with van der Waals surface area (Å²) in [6, 6.07) is -0.0436. The highest BCUT2D eigenvalue weighted by atomic mass is 32.1. The Morgan fingerprint density at radius 2 is 2.44 bits per heavy atom. The Balaban J connectivity index is 2.25. The van der Waals surface area contributed by atoms with E-state index in [0.29, 0.717) is 5.00 Å². The summed E-state index contributed by atoms with van der Waals surface area (Å²) in [7, 11) is 0. The lowest BCUT2D eigenvalue weighted by atomic mass is 10.2. The van der Waals surface area contributed by atoms with Crippen LogP contribution in [0.5, 0.6) is 0 Å². The molecule has 96 valence electrons. The molecule has 1 unspecified atom stereocenters. The molecule has 8 heteroatoms. The van der Waals surface area contributed by atoms with E-state index in [1.807, 2.05) is 6.92 Å². The van der Waals surface area contributed by atoms with Crippen molar-refractivity contribution in [2.45, 2.75) is 19.4 Å². The number of carbonyl (C=O) groups is 1. The van der Waals surface area contributed by atoms with E-state index in [1.165, 1.54) is 0 Å². The van der Waals surface area contributed by atoms with Crippen molar-refractivity contribution in [1.29, 1.82) is 0 Å². The van der Waals surface area contributed by atoms with Gasteiger partial charge in [0.25, 0.3) is 5.91 Å². The SMILES string of the molecule is CCC(Nc1snc(N)c1C(N)=O)c1ncc[nH]1. The molecule has 0 aliphatic heterocycles. The van der Waals surface area contributed by atoms with Crippen LogP contribution in [0.15, 0.2) is 12.4 Å². The molecule has 0 radical (unpaired) electrons. The molecule has 2 heterocycles. The number of H-pyrrole nitrogens is 1. The number of amides is 1. The molecule has 2 rings (SSSR count). The smallest absolute Gasteiger partial charge is 0.255 e. The third-order valence-corrected chi connectivity index (χ3v) is 3.32. The maximum absolute atomic E-state index is 11.3. The topological polar surface area (TPSA) is 123 Å². The second kappa shape index (κ2) is 5.05. The molecule has 6 N–H and O–H groups in total. The number of rotatable bonds is 5. The lowest BCUT2D eigenvalue weighted by Gasteiger charge is -2.14. The predicted octanol–water partition coefficient (Wildman–Crippen LogP) is 1.11. The predicted molar refractivity (Wildman–Crippen MR) is 70.3 cm³/mol. The van der Waals surface area contributed by atoms with Crippen molar-refractivity contribution >= 4 is 28.3 Å². The zero-order valence-electron chi connectivity index (χ0n) is 9.80. The van der Waals surface area contributed by atoms with Gasteiger partial charge >= 0.3 is 0 Å². The van der Waals surface area contributed by atoms with Crippen molar-refractivity contribution < 1.29 is 4.79 Å². The lowest BCUT2D eigenvalue weighted by Crippen LogP contribution is -2.17. The highest BCUT2D eigenvalue weighted by molar-refractivity contribution is 7.11. The molecule has 2 aromatic rings. The molecule has 18 heavy (non-hydrogen) atoms. The number of anilines is 2. The summed E-state index contributed by atoms with van der Waals surface area (Å²) in [5.74, 6) is 0.363. The highest BCUT2D eigenvalue weighted by Gasteiger charge is 2.20. The fourth-order valence-corrected chi connectivity index (χ4v) is 2.40. The van der Waals surface area contributed by atoms with Crippen LogP contribution in [0.25, 0.3) is 0 Å². The van der Waals surface area contributed by atoms with E-state index in [-0.39, 0.29) is 17.4 Å². The van der Waals surface area contributed by atoms with E-state index in [1.54, 1.807) is 12.4 Å². The largest absolute Gasteiger partial charge is 0.382 e. The second-order valence-corrected chi connectivity index (χ2v) is 4.49. The summed E-state index contributed by atoms with van der Waals surface area (Å²) in [6.45, 7) is 2.01. The number of hydrogen-bond acceptors (Lipinski definition) is 6. The van der Waals surface area contributed by atoms with Gasteiger partial charge in [0.1, 0.15) is 16.4 Å². The average Bonchev–Trinajstić information content (AvgIpc) is 2.95. The number of aromatic amines is 1. The molecule has 1 atom stereocenters. The van der Waals surface area contributed by atoms with Crippen LogP contribution in [0.2, 0.25) is 0 Å². The van der Waals surface area contributed by atoms with Crippen molar-refractivity contribution in [3.05, 3.63) is 23.8 Å². The van der Waals surface area contributed by atoms with Gasteiger partial charge in [-0.25, -0.2) is 4.98 Å². The molecule has 1 amide bonds. The first-order valence-corrected chi connectivity index (χ1v) is 6.21. The molecular weight excluding hydrogens is 252 g/mol. The minimum atomic E-state index is -0.585. The maximum Gasteiger partial charge on any atom is 0.255 e. The Morgan fingerprint density at radius 3 is 3.00 bits per heavy atom. The number of nitrogen functional groups attached to an aromatic ring is 1. The molecule has 0 aliphatic carbocycles. The van der Waals surface area contributed by atoms with Crippen molar-refractivity contribution in [3.63, 3.8) is 0 Å². The molecule has 0 spiro atoms. The Kier molecular flexibility index (Phi) is 3.47. The quantitative estimate of drug-likeness (QED) is 0.645. The van der Waals surface area contributed by atoms with E-state index in [4.69, 9.17) is 11.5 Å². The molecule has 0 fully saturated rings. The average molecular weight is 266 g/mol. The van der Waals surface area contributed by atoms with Gasteiger partial charge in [0.05, 0.1) is 6.04 Å². The van der Waals surface area contributed by atoms with Crippen LogP contribution >= 0.6 is 11.5 Å². The molecule has 0 bridgehead atoms. The summed E-state index contributed by atoms with van der Waals surface area (Å²) < 4.78 is 3.93. The van der Waals surface area contributed by atoms with E-state index in [2.05, 4.69) is 19.7 Å². The number of nitrogens with one attached hydrogen (secondary N) is 2. The van der Waals surface area contributed by atoms with Gasteiger partial charge in [-0.1, -0.05) is 6.92 Å². The van der Waals surface area contributed by atoms with Gasteiger partial charge in [-0.15, -0.1) is 0 Å². The zero-order valence-corrected chi connectivity index (χ0v) is 10.6. The highest BCUT2D eigenvalue weighted by Crippen LogP contribution is 2.30. The summed E-state index contributed by atoms with van der Waals surface area (Å²) in [4.78, 5) is 18.5. The fraction of sp³-hybridized carbons (Fsp3) is 0.300. The number of primary amides is 1. The van der Waals surface area contributed by atoms with E-state index in [9.17, 15) is 4.79 Å². The summed E-state index contributed by atoms with van der Waals surface area (Å²) >= 11 is 1.12. The van der Waals surface area contributed by atoms with Gasteiger partial charge in [0.2, 0.25) is 0 Å². The van der Waals surface area contributed by atoms with Gasteiger partial charge in [0, 0.05) is 12.4 Å². The molecule has 0 saturated carbocycles. The third-order valence-electron chi connectivity index (χ3n) is 2.53. The molecule has 2 aromatic heterocycles. The molecule has 0 saturated heterocycles. The van der Waals surface area contributed by atoms with Crippen LogP contribution in [-0.2, 0) is 0 Å². The van der Waals surface area contributed by atoms with Gasteiger partial charge in [-0.2, -0.15) is 4.37 Å². The normalized spacial score (nSPS) is 12.3. The summed E-state index contributed by atoms with van der Waals surface area (Å²) in [5.41, 5.74) is 11.1. The number of hydrogen-bond donors (Lipinski definition) is 4. The monoisotopic (exact) mass is 266 g/mol. The van der Waals surface area contributed by atoms with E-state index >= 15 is 0 Å². The third kappa shape index (κ3) is 2.28. The molecule has 0 aromatic carbocycles. The first-order valence-electron chi connectivity index (χ1n) is 5.44. The molecule has 0 aliphatic rings. The van der Waals surface area contributed by atoms with Gasteiger partial charge in [-0.3, -0.25) is 4.79 Å². The Labute approximate surface area is 108 Å². The Hall–Kier alpha value is -2.09.